The monoisotopic (exact) mass is 341 g/mol. The molecule has 2 aliphatic rings. The number of aromatic nitrogens is 4. The van der Waals surface area contributed by atoms with E-state index < -0.39 is 0 Å². The van der Waals surface area contributed by atoms with Gasteiger partial charge in [0.2, 0.25) is 5.88 Å². The van der Waals surface area contributed by atoms with E-state index in [0.717, 1.165) is 50.4 Å². The highest BCUT2D eigenvalue weighted by atomic mass is 16.5. The zero-order valence-electron chi connectivity index (χ0n) is 14.5. The molecule has 0 bridgehead atoms. The van der Waals surface area contributed by atoms with Crippen molar-refractivity contribution in [1.29, 1.82) is 0 Å². The summed E-state index contributed by atoms with van der Waals surface area (Å²) in [4.78, 5) is 19.1. The molecule has 132 valence electrons. The molecular weight excluding hydrogens is 318 g/mol. The number of hydrogen-bond acceptors (Lipinski definition) is 5. The number of fused-ring (bicyclic) bond motifs is 1. The van der Waals surface area contributed by atoms with Gasteiger partial charge in [-0.1, -0.05) is 6.42 Å². The molecule has 4 rings (SSSR count). The van der Waals surface area contributed by atoms with Crippen LogP contribution >= 0.6 is 0 Å². The topological polar surface area (TPSA) is 73.1 Å². The predicted octanol–water partition coefficient (Wildman–Crippen LogP) is 2.39. The number of methoxy groups -OCH3 is 1. The van der Waals surface area contributed by atoms with E-state index in [9.17, 15) is 4.79 Å². The molecule has 1 amide bonds. The molecule has 0 N–H and O–H groups in total. The van der Waals surface area contributed by atoms with Crippen molar-refractivity contribution in [2.45, 2.75) is 51.1 Å². The Bertz CT molecular complexity index is 755. The summed E-state index contributed by atoms with van der Waals surface area (Å²) < 4.78 is 7.32. The van der Waals surface area contributed by atoms with Crippen LogP contribution in [0.5, 0.6) is 5.88 Å². The molecule has 7 heteroatoms. The maximum Gasteiger partial charge on any atom is 0.256 e. The quantitative estimate of drug-likeness (QED) is 0.857. The summed E-state index contributed by atoms with van der Waals surface area (Å²) >= 11 is 0. The van der Waals surface area contributed by atoms with Gasteiger partial charge in [0.25, 0.3) is 5.91 Å². The Balaban J connectivity index is 1.60. The lowest BCUT2D eigenvalue weighted by Crippen LogP contribution is -2.32. The van der Waals surface area contributed by atoms with E-state index >= 15 is 0 Å². The minimum Gasteiger partial charge on any atom is -0.481 e. The number of hydrogen-bond donors (Lipinski definition) is 0. The second kappa shape index (κ2) is 6.82. The largest absolute Gasteiger partial charge is 0.481 e. The van der Waals surface area contributed by atoms with E-state index in [1.165, 1.54) is 12.8 Å². The number of likely N-dealkylation sites (tertiary alicyclic amines) is 1. The highest BCUT2D eigenvalue weighted by molar-refractivity contribution is 5.94. The SMILES string of the molecule is COc1ccc(C(=O)N2CCC[C@H]2c2nnc3n2CCCCC3)cn1. The van der Waals surface area contributed by atoms with Gasteiger partial charge in [-0.25, -0.2) is 4.98 Å². The third-order valence-corrected chi connectivity index (χ3v) is 5.14. The number of amides is 1. The molecular formula is C18H23N5O2. The summed E-state index contributed by atoms with van der Waals surface area (Å²) in [5, 5.41) is 8.86. The number of rotatable bonds is 3. The zero-order valence-corrected chi connectivity index (χ0v) is 14.5. The molecule has 0 radical (unpaired) electrons. The van der Waals surface area contributed by atoms with Crippen molar-refractivity contribution in [1.82, 2.24) is 24.6 Å². The molecule has 4 heterocycles. The Morgan fingerprint density at radius 3 is 2.88 bits per heavy atom. The number of pyridine rings is 1. The van der Waals surface area contributed by atoms with Gasteiger partial charge >= 0.3 is 0 Å². The van der Waals surface area contributed by atoms with Crippen molar-refractivity contribution < 1.29 is 9.53 Å². The van der Waals surface area contributed by atoms with Crippen molar-refractivity contribution in [3.8, 4) is 5.88 Å². The van der Waals surface area contributed by atoms with Crippen LogP contribution in [0.1, 0.15) is 60.2 Å². The van der Waals surface area contributed by atoms with Gasteiger partial charge < -0.3 is 14.2 Å². The molecule has 0 aliphatic carbocycles. The standard InChI is InChI=1S/C18H23N5O2/c1-25-16-9-8-13(12-19-16)18(24)22-11-5-6-14(22)17-21-20-15-7-3-2-4-10-23(15)17/h8-9,12,14H,2-7,10-11H2,1H3/t14-/m0/s1. The summed E-state index contributed by atoms with van der Waals surface area (Å²) in [6, 6.07) is 3.50. The average Bonchev–Trinajstić information content (AvgIpc) is 3.22. The van der Waals surface area contributed by atoms with Gasteiger partial charge in [0.15, 0.2) is 5.82 Å². The third-order valence-electron chi connectivity index (χ3n) is 5.14. The summed E-state index contributed by atoms with van der Waals surface area (Å²) in [6.45, 7) is 1.71. The van der Waals surface area contributed by atoms with E-state index in [0.29, 0.717) is 11.4 Å². The Labute approximate surface area is 147 Å². The van der Waals surface area contributed by atoms with Crippen molar-refractivity contribution in [2.24, 2.45) is 0 Å². The smallest absolute Gasteiger partial charge is 0.256 e. The van der Waals surface area contributed by atoms with Crippen molar-refractivity contribution in [3.05, 3.63) is 35.5 Å². The van der Waals surface area contributed by atoms with Crippen LogP contribution in [0.4, 0.5) is 0 Å². The Morgan fingerprint density at radius 1 is 1.16 bits per heavy atom. The lowest BCUT2D eigenvalue weighted by Gasteiger charge is -2.24. The van der Waals surface area contributed by atoms with Gasteiger partial charge in [-0.2, -0.15) is 0 Å². The minimum absolute atomic E-state index is 0.00336. The van der Waals surface area contributed by atoms with Gasteiger partial charge in [-0.15, -0.1) is 10.2 Å². The van der Waals surface area contributed by atoms with Crippen molar-refractivity contribution in [3.63, 3.8) is 0 Å². The second-order valence-corrected chi connectivity index (χ2v) is 6.68. The van der Waals surface area contributed by atoms with Crippen LogP contribution in [0.25, 0.3) is 0 Å². The van der Waals surface area contributed by atoms with Crippen molar-refractivity contribution in [2.75, 3.05) is 13.7 Å². The van der Waals surface area contributed by atoms with E-state index in [1.807, 2.05) is 4.90 Å². The summed E-state index contributed by atoms with van der Waals surface area (Å²) in [7, 11) is 1.57. The first-order valence-corrected chi connectivity index (χ1v) is 9.01. The molecule has 2 aromatic rings. The fourth-order valence-electron chi connectivity index (χ4n) is 3.83. The lowest BCUT2D eigenvalue weighted by atomic mass is 10.1. The van der Waals surface area contributed by atoms with Crippen LogP contribution in [-0.4, -0.2) is 44.2 Å². The van der Waals surface area contributed by atoms with Crippen LogP contribution < -0.4 is 4.74 Å². The van der Waals surface area contributed by atoms with E-state index in [1.54, 1.807) is 25.4 Å². The first-order chi connectivity index (χ1) is 12.3. The molecule has 1 saturated heterocycles. The van der Waals surface area contributed by atoms with Crippen LogP contribution in [0.2, 0.25) is 0 Å². The summed E-state index contributed by atoms with van der Waals surface area (Å²) in [5.74, 6) is 2.53. The molecule has 0 aromatic carbocycles. The fraction of sp³-hybridized carbons (Fsp3) is 0.556. The second-order valence-electron chi connectivity index (χ2n) is 6.68. The molecule has 2 aromatic heterocycles. The number of carbonyl (C=O) groups excluding carboxylic acids is 1. The first-order valence-electron chi connectivity index (χ1n) is 9.01. The Morgan fingerprint density at radius 2 is 2.08 bits per heavy atom. The molecule has 7 nitrogen and oxygen atoms in total. The highest BCUT2D eigenvalue weighted by Gasteiger charge is 2.35. The highest BCUT2D eigenvalue weighted by Crippen LogP contribution is 2.33. The van der Waals surface area contributed by atoms with Gasteiger partial charge in [0.05, 0.1) is 18.7 Å². The van der Waals surface area contributed by atoms with E-state index in [4.69, 9.17) is 4.74 Å². The fourth-order valence-corrected chi connectivity index (χ4v) is 3.83. The maximum absolute atomic E-state index is 13.0. The molecule has 0 spiro atoms. The minimum atomic E-state index is 0.00336. The normalized spacial score (nSPS) is 20.2. The Kier molecular flexibility index (Phi) is 4.38. The summed E-state index contributed by atoms with van der Waals surface area (Å²) in [6.07, 6.45) is 8.05. The first kappa shape index (κ1) is 16.1. The molecule has 1 atom stereocenters. The number of carbonyl (C=O) groups is 1. The van der Waals surface area contributed by atoms with Gasteiger partial charge in [-0.05, 0) is 31.7 Å². The number of ether oxygens (including phenoxy) is 1. The number of aryl methyl sites for hydroxylation is 1. The van der Waals surface area contributed by atoms with Crippen LogP contribution in [0.15, 0.2) is 18.3 Å². The predicted molar refractivity (Wildman–Crippen MR) is 91.4 cm³/mol. The molecule has 2 aliphatic heterocycles. The average molecular weight is 341 g/mol. The Hall–Kier alpha value is -2.44. The molecule has 25 heavy (non-hydrogen) atoms. The van der Waals surface area contributed by atoms with Gasteiger partial charge in [-0.3, -0.25) is 4.79 Å². The summed E-state index contributed by atoms with van der Waals surface area (Å²) in [5.41, 5.74) is 0.586. The zero-order chi connectivity index (χ0) is 17.2. The van der Waals surface area contributed by atoms with Crippen molar-refractivity contribution >= 4 is 5.91 Å². The number of nitrogens with zero attached hydrogens (tertiary/aromatic N) is 5. The van der Waals surface area contributed by atoms with Crippen LogP contribution in [0, 0.1) is 0 Å². The van der Waals surface area contributed by atoms with E-state index in [2.05, 4.69) is 19.7 Å². The maximum atomic E-state index is 13.0. The van der Waals surface area contributed by atoms with Gasteiger partial charge in [0, 0.05) is 31.8 Å². The lowest BCUT2D eigenvalue weighted by molar-refractivity contribution is 0.0726. The molecule has 0 unspecified atom stereocenters. The van der Waals surface area contributed by atoms with Crippen LogP contribution in [-0.2, 0) is 13.0 Å². The third kappa shape index (κ3) is 2.99. The molecule has 1 fully saturated rings. The van der Waals surface area contributed by atoms with Gasteiger partial charge in [0.1, 0.15) is 5.82 Å². The van der Waals surface area contributed by atoms with E-state index in [-0.39, 0.29) is 11.9 Å². The van der Waals surface area contributed by atoms with Crippen LogP contribution in [0.3, 0.4) is 0 Å². The molecule has 0 saturated carbocycles.